The lowest BCUT2D eigenvalue weighted by Crippen LogP contribution is -2.33. The number of nitrogens with zero attached hydrogens (tertiary/aromatic N) is 1. The fourth-order valence-corrected chi connectivity index (χ4v) is 3.85. The number of thioether (sulfide) groups is 1. The van der Waals surface area contributed by atoms with Gasteiger partial charge in [-0.25, -0.2) is 0 Å². The molecule has 0 fully saturated rings. The minimum absolute atomic E-state index is 0.0495. The minimum Gasteiger partial charge on any atom is -0.494 e. The molecule has 0 saturated carbocycles. The molecular formula is C21H20N2O2S. The molecule has 2 aromatic rings. The van der Waals surface area contributed by atoms with Gasteiger partial charge in [-0.1, -0.05) is 30.3 Å². The molecule has 26 heavy (non-hydrogen) atoms. The summed E-state index contributed by atoms with van der Waals surface area (Å²) in [7, 11) is 0. The Labute approximate surface area is 157 Å². The van der Waals surface area contributed by atoms with Crippen molar-refractivity contribution in [2.24, 2.45) is 0 Å². The summed E-state index contributed by atoms with van der Waals surface area (Å²) in [6.07, 6.45) is 0.288. The smallest absolute Gasteiger partial charge is 0.225 e. The van der Waals surface area contributed by atoms with Gasteiger partial charge in [0.1, 0.15) is 5.75 Å². The van der Waals surface area contributed by atoms with Gasteiger partial charge in [-0.3, -0.25) is 4.79 Å². The van der Waals surface area contributed by atoms with Gasteiger partial charge >= 0.3 is 0 Å². The Kier molecular flexibility index (Phi) is 5.98. The summed E-state index contributed by atoms with van der Waals surface area (Å²) in [4.78, 5) is 13.3. The standard InChI is InChI=1S/C21H20N2O2S/c1-2-25-16-10-8-15(9-11-16)18-12-21(24)23-20(19(18)13-22)14-26-17-6-4-3-5-7-17/h3-11,18H,2,12,14H2,1H3,(H,23,24). The molecule has 1 aliphatic rings. The number of carbonyl (C=O) groups is 1. The zero-order valence-corrected chi connectivity index (χ0v) is 15.4. The number of allylic oxidation sites excluding steroid dienone is 1. The van der Waals surface area contributed by atoms with Crippen molar-refractivity contribution in [2.75, 3.05) is 12.4 Å². The van der Waals surface area contributed by atoms with Crippen molar-refractivity contribution in [1.82, 2.24) is 5.32 Å². The molecule has 0 saturated heterocycles. The van der Waals surface area contributed by atoms with E-state index in [1.165, 1.54) is 0 Å². The van der Waals surface area contributed by atoms with Crippen LogP contribution in [-0.2, 0) is 4.79 Å². The molecule has 1 N–H and O–H groups in total. The number of nitrogens with one attached hydrogen (secondary N) is 1. The van der Waals surface area contributed by atoms with E-state index in [9.17, 15) is 10.1 Å². The summed E-state index contributed by atoms with van der Waals surface area (Å²) in [6, 6.07) is 19.9. The van der Waals surface area contributed by atoms with E-state index in [1.807, 2.05) is 61.5 Å². The molecule has 1 aliphatic heterocycles. The van der Waals surface area contributed by atoms with E-state index in [2.05, 4.69) is 11.4 Å². The highest BCUT2D eigenvalue weighted by molar-refractivity contribution is 7.99. The Bertz CT molecular complexity index is 839. The highest BCUT2D eigenvalue weighted by Crippen LogP contribution is 2.34. The van der Waals surface area contributed by atoms with E-state index in [1.54, 1.807) is 11.8 Å². The van der Waals surface area contributed by atoms with Crippen LogP contribution < -0.4 is 10.1 Å². The van der Waals surface area contributed by atoms with E-state index in [-0.39, 0.29) is 18.2 Å². The lowest BCUT2D eigenvalue weighted by Gasteiger charge is -2.25. The van der Waals surface area contributed by atoms with Gasteiger partial charge in [0.15, 0.2) is 0 Å². The molecule has 0 spiro atoms. The second kappa shape index (κ2) is 8.59. The SMILES string of the molecule is CCOc1ccc(C2CC(=O)NC(CSc3ccccc3)=C2C#N)cc1. The Morgan fingerprint density at radius 2 is 1.92 bits per heavy atom. The first-order chi connectivity index (χ1) is 12.7. The van der Waals surface area contributed by atoms with E-state index in [4.69, 9.17) is 4.74 Å². The number of nitriles is 1. The molecule has 1 atom stereocenters. The molecule has 132 valence electrons. The number of carbonyl (C=O) groups excluding carboxylic acids is 1. The molecule has 2 aromatic carbocycles. The molecule has 1 unspecified atom stereocenters. The van der Waals surface area contributed by atoms with Crippen LogP contribution in [0.25, 0.3) is 0 Å². The monoisotopic (exact) mass is 364 g/mol. The molecule has 0 radical (unpaired) electrons. The van der Waals surface area contributed by atoms with Crippen LogP contribution in [-0.4, -0.2) is 18.3 Å². The molecule has 0 aromatic heterocycles. The molecule has 0 bridgehead atoms. The topological polar surface area (TPSA) is 62.1 Å². The number of benzene rings is 2. The third kappa shape index (κ3) is 4.27. The van der Waals surface area contributed by atoms with Crippen LogP contribution in [0.1, 0.15) is 24.8 Å². The third-order valence-corrected chi connectivity index (χ3v) is 5.23. The quantitative estimate of drug-likeness (QED) is 0.778. The largest absolute Gasteiger partial charge is 0.494 e. The Morgan fingerprint density at radius 3 is 2.58 bits per heavy atom. The van der Waals surface area contributed by atoms with Crippen LogP contribution in [0.4, 0.5) is 0 Å². The normalized spacial score (nSPS) is 16.8. The van der Waals surface area contributed by atoms with Crippen LogP contribution in [0.2, 0.25) is 0 Å². The van der Waals surface area contributed by atoms with Gasteiger partial charge in [-0.2, -0.15) is 5.26 Å². The molecular weight excluding hydrogens is 344 g/mol. The molecule has 5 heteroatoms. The van der Waals surface area contributed by atoms with Crippen molar-refractivity contribution in [3.8, 4) is 11.8 Å². The fraction of sp³-hybridized carbons (Fsp3) is 0.238. The molecule has 1 heterocycles. The van der Waals surface area contributed by atoms with Crippen molar-refractivity contribution in [1.29, 1.82) is 5.26 Å². The van der Waals surface area contributed by atoms with E-state index in [0.717, 1.165) is 16.2 Å². The highest BCUT2D eigenvalue weighted by Gasteiger charge is 2.29. The average Bonchev–Trinajstić information content (AvgIpc) is 2.67. The lowest BCUT2D eigenvalue weighted by atomic mass is 9.85. The summed E-state index contributed by atoms with van der Waals surface area (Å²) in [5, 5.41) is 12.6. The van der Waals surface area contributed by atoms with Crippen molar-refractivity contribution in [3.05, 3.63) is 71.4 Å². The summed E-state index contributed by atoms with van der Waals surface area (Å²) in [6.45, 7) is 2.54. The van der Waals surface area contributed by atoms with Crippen molar-refractivity contribution in [2.45, 2.75) is 24.2 Å². The number of ether oxygens (including phenoxy) is 1. The molecule has 4 nitrogen and oxygen atoms in total. The molecule has 1 amide bonds. The number of rotatable bonds is 6. The van der Waals surface area contributed by atoms with E-state index in [0.29, 0.717) is 23.6 Å². The molecule has 0 aliphatic carbocycles. The van der Waals surface area contributed by atoms with E-state index >= 15 is 0 Å². The summed E-state index contributed by atoms with van der Waals surface area (Å²) in [5.41, 5.74) is 2.30. The summed E-state index contributed by atoms with van der Waals surface area (Å²) < 4.78 is 5.47. The number of hydrogen-bond acceptors (Lipinski definition) is 4. The number of amides is 1. The van der Waals surface area contributed by atoms with Gasteiger partial charge in [0, 0.05) is 28.7 Å². The maximum absolute atomic E-state index is 12.2. The first-order valence-corrected chi connectivity index (χ1v) is 9.53. The second-order valence-corrected chi connectivity index (χ2v) is 6.96. The van der Waals surface area contributed by atoms with Crippen LogP contribution in [0.3, 0.4) is 0 Å². The van der Waals surface area contributed by atoms with Gasteiger partial charge in [-0.05, 0) is 36.8 Å². The maximum Gasteiger partial charge on any atom is 0.225 e. The molecule has 3 rings (SSSR count). The van der Waals surface area contributed by atoms with Crippen molar-refractivity contribution < 1.29 is 9.53 Å². The van der Waals surface area contributed by atoms with Crippen LogP contribution >= 0.6 is 11.8 Å². The predicted molar refractivity (Wildman–Crippen MR) is 103 cm³/mol. The highest BCUT2D eigenvalue weighted by atomic mass is 32.2. The number of hydrogen-bond donors (Lipinski definition) is 1. The van der Waals surface area contributed by atoms with Gasteiger partial charge in [-0.15, -0.1) is 11.8 Å². The predicted octanol–water partition coefficient (Wildman–Crippen LogP) is 4.26. The fourth-order valence-electron chi connectivity index (χ4n) is 2.96. The second-order valence-electron chi connectivity index (χ2n) is 5.91. The minimum atomic E-state index is -0.212. The summed E-state index contributed by atoms with van der Waals surface area (Å²) >= 11 is 1.61. The van der Waals surface area contributed by atoms with Crippen molar-refractivity contribution in [3.63, 3.8) is 0 Å². The van der Waals surface area contributed by atoms with Crippen LogP contribution in [0.5, 0.6) is 5.75 Å². The first kappa shape index (κ1) is 18.1. The van der Waals surface area contributed by atoms with Crippen molar-refractivity contribution >= 4 is 17.7 Å². The third-order valence-electron chi connectivity index (χ3n) is 4.19. The summed E-state index contributed by atoms with van der Waals surface area (Å²) in [5.74, 6) is 1.09. The first-order valence-electron chi connectivity index (χ1n) is 8.55. The van der Waals surface area contributed by atoms with Gasteiger partial charge in [0.05, 0.1) is 18.2 Å². The van der Waals surface area contributed by atoms with Gasteiger partial charge in [0.25, 0.3) is 0 Å². The average molecular weight is 364 g/mol. The van der Waals surface area contributed by atoms with Gasteiger partial charge < -0.3 is 10.1 Å². The maximum atomic E-state index is 12.2. The zero-order chi connectivity index (χ0) is 18.4. The van der Waals surface area contributed by atoms with Gasteiger partial charge in [0.2, 0.25) is 5.91 Å². The lowest BCUT2D eigenvalue weighted by molar-refractivity contribution is -0.121. The zero-order valence-electron chi connectivity index (χ0n) is 14.6. The Balaban J connectivity index is 1.84. The van der Waals surface area contributed by atoms with Crippen LogP contribution in [0, 0.1) is 11.3 Å². The Morgan fingerprint density at radius 1 is 1.19 bits per heavy atom. The van der Waals surface area contributed by atoms with E-state index < -0.39 is 0 Å². The Hall–Kier alpha value is -2.71. The van der Waals surface area contributed by atoms with Crippen LogP contribution in [0.15, 0.2) is 70.8 Å².